The van der Waals surface area contributed by atoms with Crippen LogP contribution >= 0.6 is 0 Å². The fraction of sp³-hybridized carbons (Fsp3) is 0.727. The summed E-state index contributed by atoms with van der Waals surface area (Å²) in [6, 6.07) is 2.18. The van der Waals surface area contributed by atoms with Crippen LogP contribution in [-0.4, -0.2) is 36.6 Å². The van der Waals surface area contributed by atoms with Gasteiger partial charge in [-0.2, -0.15) is 5.10 Å². The monoisotopic (exact) mass is 211 g/mol. The molecule has 4 heteroatoms. The van der Waals surface area contributed by atoms with E-state index in [2.05, 4.69) is 23.4 Å². The van der Waals surface area contributed by atoms with Crippen LogP contribution in [0.15, 0.2) is 6.07 Å². The Balaban J connectivity index is 2.27. The summed E-state index contributed by atoms with van der Waals surface area (Å²) in [5.41, 5.74) is 2.46. The fourth-order valence-corrected chi connectivity index (χ4v) is 1.49. The molecule has 0 atom stereocenters. The van der Waals surface area contributed by atoms with Gasteiger partial charge in [0.1, 0.15) is 0 Å². The highest BCUT2D eigenvalue weighted by molar-refractivity contribution is 5.10. The molecule has 0 aliphatic heterocycles. The van der Waals surface area contributed by atoms with Crippen LogP contribution in [0.3, 0.4) is 0 Å². The third-order valence-corrected chi connectivity index (χ3v) is 2.43. The van der Waals surface area contributed by atoms with E-state index in [1.807, 2.05) is 11.7 Å². The van der Waals surface area contributed by atoms with Crippen LogP contribution in [0.5, 0.6) is 0 Å². The van der Waals surface area contributed by atoms with Crippen LogP contribution in [0.25, 0.3) is 0 Å². The lowest BCUT2D eigenvalue weighted by Crippen LogP contribution is -2.22. The minimum absolute atomic E-state index is 0.769. The number of hydrogen-bond acceptors (Lipinski definition) is 3. The van der Waals surface area contributed by atoms with Crippen molar-refractivity contribution < 1.29 is 4.74 Å². The van der Waals surface area contributed by atoms with Crippen molar-refractivity contribution in [2.24, 2.45) is 7.05 Å². The van der Waals surface area contributed by atoms with E-state index in [1.54, 1.807) is 7.11 Å². The van der Waals surface area contributed by atoms with Crippen LogP contribution in [0.4, 0.5) is 0 Å². The molecule has 1 heterocycles. The Morgan fingerprint density at radius 2 is 2.27 bits per heavy atom. The van der Waals surface area contributed by atoms with Crippen molar-refractivity contribution in [1.29, 1.82) is 0 Å². The van der Waals surface area contributed by atoms with Crippen LogP contribution in [0.2, 0.25) is 0 Å². The highest BCUT2D eigenvalue weighted by atomic mass is 16.5. The van der Waals surface area contributed by atoms with E-state index in [-0.39, 0.29) is 0 Å². The second kappa shape index (κ2) is 6.58. The molecule has 0 aromatic carbocycles. The lowest BCUT2D eigenvalue weighted by atomic mass is 10.2. The summed E-state index contributed by atoms with van der Waals surface area (Å²) in [5, 5.41) is 7.73. The average molecular weight is 211 g/mol. The van der Waals surface area contributed by atoms with Gasteiger partial charge in [-0.25, -0.2) is 0 Å². The number of ether oxygens (including phenoxy) is 1. The van der Waals surface area contributed by atoms with Gasteiger partial charge in [0.15, 0.2) is 0 Å². The first-order chi connectivity index (χ1) is 7.27. The Morgan fingerprint density at radius 1 is 1.47 bits per heavy atom. The zero-order valence-electron chi connectivity index (χ0n) is 9.92. The molecule has 1 rings (SSSR count). The van der Waals surface area contributed by atoms with Gasteiger partial charge in [0, 0.05) is 39.4 Å². The van der Waals surface area contributed by atoms with Crippen molar-refractivity contribution in [3.63, 3.8) is 0 Å². The quantitative estimate of drug-likeness (QED) is 0.677. The zero-order chi connectivity index (χ0) is 11.1. The number of hydrogen-bond donors (Lipinski definition) is 1. The van der Waals surface area contributed by atoms with Gasteiger partial charge in [0.05, 0.1) is 12.3 Å². The Bertz CT molecular complexity index is 283. The SMILES string of the molecule is CCc1cc(CCNCCOC)n(C)n1. The predicted octanol–water partition coefficient (Wildman–Crippen LogP) is 0.761. The van der Waals surface area contributed by atoms with Crippen molar-refractivity contribution in [2.45, 2.75) is 19.8 Å². The van der Waals surface area contributed by atoms with Gasteiger partial charge in [0.2, 0.25) is 0 Å². The molecule has 0 bridgehead atoms. The smallest absolute Gasteiger partial charge is 0.0624 e. The maximum Gasteiger partial charge on any atom is 0.0624 e. The summed E-state index contributed by atoms with van der Waals surface area (Å²) in [6.45, 7) is 4.79. The van der Waals surface area contributed by atoms with E-state index in [0.29, 0.717) is 0 Å². The van der Waals surface area contributed by atoms with Crippen molar-refractivity contribution in [2.75, 3.05) is 26.8 Å². The van der Waals surface area contributed by atoms with E-state index in [1.165, 1.54) is 11.4 Å². The molecule has 0 saturated carbocycles. The second-order valence-electron chi connectivity index (χ2n) is 3.60. The molecule has 1 N–H and O–H groups in total. The first-order valence-electron chi connectivity index (χ1n) is 5.49. The third-order valence-electron chi connectivity index (χ3n) is 2.43. The second-order valence-corrected chi connectivity index (χ2v) is 3.60. The minimum Gasteiger partial charge on any atom is -0.383 e. The molecule has 0 spiro atoms. The van der Waals surface area contributed by atoms with Crippen LogP contribution in [0.1, 0.15) is 18.3 Å². The van der Waals surface area contributed by atoms with E-state index in [4.69, 9.17) is 4.74 Å². The maximum atomic E-state index is 4.96. The standard InChI is InChI=1S/C11H21N3O/c1-4-10-9-11(14(2)13-10)5-6-12-7-8-15-3/h9,12H,4-8H2,1-3H3. The molecule has 0 amide bonds. The molecule has 0 fully saturated rings. The summed E-state index contributed by atoms with van der Waals surface area (Å²) >= 11 is 0. The molecule has 86 valence electrons. The van der Waals surface area contributed by atoms with Crippen molar-refractivity contribution in [3.8, 4) is 0 Å². The topological polar surface area (TPSA) is 39.1 Å². The Hall–Kier alpha value is -0.870. The van der Waals surface area contributed by atoms with Crippen LogP contribution in [0, 0.1) is 0 Å². The van der Waals surface area contributed by atoms with E-state index >= 15 is 0 Å². The van der Waals surface area contributed by atoms with Gasteiger partial charge in [-0.15, -0.1) is 0 Å². The Kier molecular flexibility index (Phi) is 5.36. The van der Waals surface area contributed by atoms with Gasteiger partial charge in [-0.3, -0.25) is 4.68 Å². The third kappa shape index (κ3) is 4.01. The minimum atomic E-state index is 0.769. The van der Waals surface area contributed by atoms with Gasteiger partial charge in [-0.05, 0) is 12.5 Å². The summed E-state index contributed by atoms with van der Waals surface area (Å²) < 4.78 is 6.93. The number of methoxy groups -OCH3 is 1. The Labute approximate surface area is 91.6 Å². The van der Waals surface area contributed by atoms with Crippen molar-refractivity contribution in [1.82, 2.24) is 15.1 Å². The van der Waals surface area contributed by atoms with Crippen molar-refractivity contribution >= 4 is 0 Å². The van der Waals surface area contributed by atoms with Crippen molar-refractivity contribution in [3.05, 3.63) is 17.5 Å². The summed E-state index contributed by atoms with van der Waals surface area (Å²) in [7, 11) is 3.72. The van der Waals surface area contributed by atoms with Gasteiger partial charge in [-0.1, -0.05) is 6.92 Å². The largest absolute Gasteiger partial charge is 0.383 e. The molecule has 1 aromatic heterocycles. The number of rotatable bonds is 7. The highest BCUT2D eigenvalue weighted by Gasteiger charge is 2.02. The van der Waals surface area contributed by atoms with Gasteiger partial charge in [0.25, 0.3) is 0 Å². The maximum absolute atomic E-state index is 4.96. The lowest BCUT2D eigenvalue weighted by molar-refractivity contribution is 0.199. The number of aryl methyl sites for hydroxylation is 2. The molecular formula is C11H21N3O. The summed E-state index contributed by atoms with van der Waals surface area (Å²) in [4.78, 5) is 0. The van der Waals surface area contributed by atoms with E-state index < -0.39 is 0 Å². The predicted molar refractivity (Wildman–Crippen MR) is 61.0 cm³/mol. The average Bonchev–Trinajstić information content (AvgIpc) is 2.59. The number of aromatic nitrogens is 2. The van der Waals surface area contributed by atoms with E-state index in [0.717, 1.165) is 32.5 Å². The first-order valence-corrected chi connectivity index (χ1v) is 5.49. The molecule has 0 aliphatic carbocycles. The summed E-state index contributed by atoms with van der Waals surface area (Å²) in [6.07, 6.45) is 2.03. The molecule has 0 aliphatic rings. The number of nitrogens with zero attached hydrogens (tertiary/aromatic N) is 2. The molecule has 15 heavy (non-hydrogen) atoms. The highest BCUT2D eigenvalue weighted by Crippen LogP contribution is 2.03. The zero-order valence-corrected chi connectivity index (χ0v) is 9.92. The summed E-state index contributed by atoms with van der Waals surface area (Å²) in [5.74, 6) is 0. The Morgan fingerprint density at radius 3 is 2.87 bits per heavy atom. The number of nitrogens with one attached hydrogen (secondary N) is 1. The fourth-order valence-electron chi connectivity index (χ4n) is 1.49. The molecule has 1 aromatic rings. The molecular weight excluding hydrogens is 190 g/mol. The lowest BCUT2D eigenvalue weighted by Gasteiger charge is -2.03. The first kappa shape index (κ1) is 12.2. The normalized spacial score (nSPS) is 10.9. The van der Waals surface area contributed by atoms with Gasteiger partial charge < -0.3 is 10.1 Å². The van der Waals surface area contributed by atoms with Crippen LogP contribution < -0.4 is 5.32 Å². The van der Waals surface area contributed by atoms with E-state index in [9.17, 15) is 0 Å². The molecule has 0 unspecified atom stereocenters. The van der Waals surface area contributed by atoms with Crippen LogP contribution in [-0.2, 0) is 24.6 Å². The van der Waals surface area contributed by atoms with Gasteiger partial charge >= 0.3 is 0 Å². The molecule has 0 radical (unpaired) electrons. The molecule has 4 nitrogen and oxygen atoms in total. The molecule has 0 saturated heterocycles.